The van der Waals surface area contributed by atoms with E-state index in [-0.39, 0.29) is 23.4 Å². The topological polar surface area (TPSA) is 86.8 Å². The number of sulfonamides is 1. The van der Waals surface area contributed by atoms with E-state index in [0.29, 0.717) is 29.1 Å². The molecule has 1 N–H and O–H groups in total. The average molecular weight is 570 g/mol. The Balaban J connectivity index is 2.02. The van der Waals surface area contributed by atoms with E-state index in [1.807, 2.05) is 57.2 Å². The monoisotopic (exact) mass is 569 g/mol. The number of benzene rings is 3. The lowest BCUT2D eigenvalue weighted by molar-refractivity contribution is -0.139. The molecule has 0 spiro atoms. The summed E-state index contributed by atoms with van der Waals surface area (Å²) in [5, 5.41) is 3.31. The summed E-state index contributed by atoms with van der Waals surface area (Å²) in [6.07, 6.45) is 0.902. The molecule has 0 aromatic heterocycles. The van der Waals surface area contributed by atoms with Gasteiger partial charge in [-0.3, -0.25) is 13.9 Å². The van der Waals surface area contributed by atoms with Crippen LogP contribution in [-0.4, -0.2) is 50.3 Å². The first-order valence-corrected chi connectivity index (χ1v) is 14.8. The Morgan fingerprint density at radius 3 is 2.13 bits per heavy atom. The van der Waals surface area contributed by atoms with Crippen LogP contribution in [0.5, 0.6) is 0 Å². The summed E-state index contributed by atoms with van der Waals surface area (Å²) in [5.74, 6) is -0.727. The molecule has 2 amide bonds. The predicted molar refractivity (Wildman–Crippen MR) is 156 cm³/mol. The van der Waals surface area contributed by atoms with E-state index >= 15 is 0 Å². The first-order chi connectivity index (χ1) is 18.5. The van der Waals surface area contributed by atoms with Crippen LogP contribution >= 0.6 is 11.6 Å². The number of carbonyl (C=O) groups excluding carboxylic acids is 2. The lowest BCUT2D eigenvalue weighted by Crippen LogP contribution is -2.54. The van der Waals surface area contributed by atoms with Crippen LogP contribution in [0.15, 0.2) is 83.8 Å². The first kappa shape index (κ1) is 30.2. The Morgan fingerprint density at radius 2 is 1.54 bits per heavy atom. The van der Waals surface area contributed by atoms with Gasteiger partial charge in [0.05, 0.1) is 10.6 Å². The third kappa shape index (κ3) is 7.83. The van der Waals surface area contributed by atoms with Gasteiger partial charge in [-0.1, -0.05) is 67.1 Å². The third-order valence-electron chi connectivity index (χ3n) is 6.37. The first-order valence-electron chi connectivity index (χ1n) is 13.0. The van der Waals surface area contributed by atoms with Crippen LogP contribution in [0.3, 0.4) is 0 Å². The number of hydrogen-bond acceptors (Lipinski definition) is 4. The second-order valence-electron chi connectivity index (χ2n) is 9.66. The quantitative estimate of drug-likeness (QED) is 0.324. The molecule has 208 valence electrons. The van der Waals surface area contributed by atoms with Gasteiger partial charge in [-0.2, -0.15) is 0 Å². The molecule has 0 heterocycles. The SMILES string of the molecule is CC[C@@H](C(=O)NC(C)C)N(CCc1ccccc1)C(=O)CN(c1ccccc1C)S(=O)(=O)c1ccc(Cl)cc1. The normalized spacial score (nSPS) is 12.2. The van der Waals surface area contributed by atoms with E-state index in [9.17, 15) is 18.0 Å². The molecule has 0 unspecified atom stereocenters. The molecule has 0 fully saturated rings. The van der Waals surface area contributed by atoms with Crippen LogP contribution in [0.4, 0.5) is 5.69 Å². The van der Waals surface area contributed by atoms with E-state index in [4.69, 9.17) is 11.6 Å². The van der Waals surface area contributed by atoms with Crippen molar-refractivity contribution in [2.75, 3.05) is 17.4 Å². The Labute approximate surface area is 236 Å². The summed E-state index contributed by atoms with van der Waals surface area (Å²) in [4.78, 5) is 28.7. The van der Waals surface area contributed by atoms with Gasteiger partial charge in [0.25, 0.3) is 10.0 Å². The fourth-order valence-electron chi connectivity index (χ4n) is 4.37. The summed E-state index contributed by atoms with van der Waals surface area (Å²) in [6, 6.07) is 21.7. The molecule has 0 saturated carbocycles. The van der Waals surface area contributed by atoms with Crippen LogP contribution in [0.25, 0.3) is 0 Å². The minimum Gasteiger partial charge on any atom is -0.352 e. The summed E-state index contributed by atoms with van der Waals surface area (Å²) < 4.78 is 28.9. The van der Waals surface area contributed by atoms with Crippen molar-refractivity contribution in [3.63, 3.8) is 0 Å². The summed E-state index contributed by atoms with van der Waals surface area (Å²) in [7, 11) is -4.13. The molecular weight excluding hydrogens is 534 g/mol. The molecule has 0 aliphatic rings. The Bertz CT molecular complexity index is 1360. The summed E-state index contributed by atoms with van der Waals surface area (Å²) in [6.45, 7) is 7.16. The third-order valence-corrected chi connectivity index (χ3v) is 8.39. The minimum absolute atomic E-state index is 0.0170. The average Bonchev–Trinajstić information content (AvgIpc) is 2.90. The van der Waals surface area contributed by atoms with Crippen molar-refractivity contribution in [2.24, 2.45) is 0 Å². The minimum atomic E-state index is -4.13. The smallest absolute Gasteiger partial charge is 0.264 e. The number of para-hydroxylation sites is 1. The highest BCUT2D eigenvalue weighted by atomic mass is 35.5. The Hall–Kier alpha value is -3.36. The van der Waals surface area contributed by atoms with Crippen molar-refractivity contribution in [1.82, 2.24) is 10.2 Å². The number of anilines is 1. The second-order valence-corrected chi connectivity index (χ2v) is 12.0. The van der Waals surface area contributed by atoms with E-state index in [2.05, 4.69) is 5.32 Å². The molecule has 0 radical (unpaired) electrons. The van der Waals surface area contributed by atoms with Crippen LogP contribution in [0.2, 0.25) is 5.02 Å². The number of nitrogens with one attached hydrogen (secondary N) is 1. The van der Waals surface area contributed by atoms with Gasteiger partial charge in [0.2, 0.25) is 11.8 Å². The molecule has 39 heavy (non-hydrogen) atoms. The van der Waals surface area contributed by atoms with Crippen molar-refractivity contribution in [1.29, 1.82) is 0 Å². The van der Waals surface area contributed by atoms with E-state index in [1.54, 1.807) is 25.1 Å². The molecule has 3 rings (SSSR count). The van der Waals surface area contributed by atoms with Crippen LogP contribution in [0, 0.1) is 6.92 Å². The predicted octanol–water partition coefficient (Wildman–Crippen LogP) is 5.22. The van der Waals surface area contributed by atoms with Gasteiger partial charge in [0, 0.05) is 17.6 Å². The van der Waals surface area contributed by atoms with Gasteiger partial charge in [-0.05, 0) is 75.1 Å². The molecule has 0 saturated heterocycles. The summed E-state index contributed by atoms with van der Waals surface area (Å²) in [5.41, 5.74) is 2.10. The fraction of sp³-hybridized carbons (Fsp3) is 0.333. The number of aryl methyl sites for hydroxylation is 1. The highest BCUT2D eigenvalue weighted by molar-refractivity contribution is 7.92. The molecule has 3 aromatic carbocycles. The number of hydrogen-bond donors (Lipinski definition) is 1. The van der Waals surface area contributed by atoms with Gasteiger partial charge in [-0.15, -0.1) is 0 Å². The van der Waals surface area contributed by atoms with Crippen molar-refractivity contribution >= 4 is 39.1 Å². The summed E-state index contributed by atoms with van der Waals surface area (Å²) >= 11 is 6.00. The Morgan fingerprint density at radius 1 is 0.923 bits per heavy atom. The molecule has 0 aliphatic carbocycles. The van der Waals surface area contributed by atoms with Crippen LogP contribution in [-0.2, 0) is 26.0 Å². The fourth-order valence-corrected chi connectivity index (χ4v) is 5.97. The molecule has 0 aliphatic heterocycles. The number of rotatable bonds is 12. The number of halogens is 1. The van der Waals surface area contributed by atoms with Crippen molar-refractivity contribution in [2.45, 2.75) is 57.5 Å². The van der Waals surface area contributed by atoms with E-state index in [0.717, 1.165) is 9.87 Å². The maximum Gasteiger partial charge on any atom is 0.264 e. The van der Waals surface area contributed by atoms with Crippen molar-refractivity contribution in [3.05, 3.63) is 95.0 Å². The van der Waals surface area contributed by atoms with Gasteiger partial charge in [0.1, 0.15) is 12.6 Å². The molecule has 9 heteroatoms. The second kappa shape index (κ2) is 13.6. The van der Waals surface area contributed by atoms with Gasteiger partial charge >= 0.3 is 0 Å². The van der Waals surface area contributed by atoms with Crippen molar-refractivity contribution < 1.29 is 18.0 Å². The molecule has 3 aromatic rings. The highest BCUT2D eigenvalue weighted by Gasteiger charge is 2.34. The molecule has 1 atom stereocenters. The van der Waals surface area contributed by atoms with Crippen LogP contribution in [0.1, 0.15) is 38.3 Å². The van der Waals surface area contributed by atoms with Gasteiger partial charge in [-0.25, -0.2) is 8.42 Å². The highest BCUT2D eigenvalue weighted by Crippen LogP contribution is 2.28. The molecule has 7 nitrogen and oxygen atoms in total. The zero-order chi connectivity index (χ0) is 28.6. The van der Waals surface area contributed by atoms with Crippen molar-refractivity contribution in [3.8, 4) is 0 Å². The standard InChI is InChI=1S/C30H36ClN3O4S/c1-5-27(30(36)32-22(2)3)33(20-19-24-12-7-6-8-13-24)29(35)21-34(28-14-10-9-11-23(28)4)39(37,38)26-17-15-25(31)16-18-26/h6-18,22,27H,5,19-21H2,1-4H3,(H,32,36)/t27-/m0/s1. The van der Waals surface area contributed by atoms with Gasteiger partial charge in [0.15, 0.2) is 0 Å². The maximum atomic E-state index is 14.0. The largest absolute Gasteiger partial charge is 0.352 e. The zero-order valence-corrected chi connectivity index (χ0v) is 24.4. The maximum absolute atomic E-state index is 14.0. The molecule has 0 bridgehead atoms. The number of carbonyl (C=O) groups is 2. The zero-order valence-electron chi connectivity index (χ0n) is 22.8. The molecular formula is C30H36ClN3O4S. The van der Waals surface area contributed by atoms with Crippen LogP contribution < -0.4 is 9.62 Å². The van der Waals surface area contributed by atoms with E-state index in [1.165, 1.54) is 29.2 Å². The van der Waals surface area contributed by atoms with E-state index < -0.39 is 28.5 Å². The number of amides is 2. The number of nitrogens with zero attached hydrogens (tertiary/aromatic N) is 2. The van der Waals surface area contributed by atoms with Gasteiger partial charge < -0.3 is 10.2 Å². The lowest BCUT2D eigenvalue weighted by atomic mass is 10.1. The Kier molecular flexibility index (Phi) is 10.5. The lowest BCUT2D eigenvalue weighted by Gasteiger charge is -2.34.